The molecule has 2 bridgehead atoms. The van der Waals surface area contributed by atoms with Gasteiger partial charge in [0.1, 0.15) is 23.6 Å². The number of nitrogens with zero attached hydrogens (tertiary/aromatic N) is 4. The van der Waals surface area contributed by atoms with Crippen LogP contribution in [0.5, 0.6) is 0 Å². The maximum absolute atomic E-state index is 13.4. The van der Waals surface area contributed by atoms with Gasteiger partial charge in [0.25, 0.3) is 5.91 Å². The van der Waals surface area contributed by atoms with Gasteiger partial charge in [0, 0.05) is 16.5 Å². The predicted molar refractivity (Wildman–Crippen MR) is 123 cm³/mol. The number of anilines is 1. The molecule has 5 rings (SSSR count). The van der Waals surface area contributed by atoms with E-state index in [0.717, 1.165) is 19.3 Å². The number of likely N-dealkylation sites (tertiary alicyclic amines) is 1. The second-order valence-electron chi connectivity index (χ2n) is 8.34. The molecule has 11 heteroatoms. The zero-order chi connectivity index (χ0) is 23.3. The molecule has 1 saturated heterocycles. The van der Waals surface area contributed by atoms with E-state index in [1.165, 1.54) is 4.68 Å². The van der Waals surface area contributed by atoms with Crippen molar-refractivity contribution in [3.8, 4) is 0 Å². The number of carbonyl (C=O) groups is 3. The summed E-state index contributed by atoms with van der Waals surface area (Å²) < 4.78 is 1.44. The third-order valence-electron chi connectivity index (χ3n) is 6.34. The van der Waals surface area contributed by atoms with Gasteiger partial charge in [-0.3, -0.25) is 19.1 Å². The maximum Gasteiger partial charge on any atom is 0.269 e. The molecule has 9 nitrogen and oxygen atoms in total. The average molecular weight is 487 g/mol. The number of hydrogen-bond acceptors (Lipinski definition) is 5. The van der Waals surface area contributed by atoms with Crippen LogP contribution in [-0.4, -0.2) is 49.5 Å². The van der Waals surface area contributed by atoms with Gasteiger partial charge in [-0.15, -0.1) is 0 Å². The van der Waals surface area contributed by atoms with E-state index >= 15 is 0 Å². The van der Waals surface area contributed by atoms with E-state index in [4.69, 9.17) is 28.9 Å². The lowest BCUT2D eigenvalue weighted by Gasteiger charge is -2.34. The number of piperidine rings is 1. The van der Waals surface area contributed by atoms with Crippen LogP contribution in [0.2, 0.25) is 10.2 Å². The number of rotatable bonds is 5. The third-order valence-corrected chi connectivity index (χ3v) is 6.78. The first-order chi connectivity index (χ1) is 15.8. The van der Waals surface area contributed by atoms with Crippen molar-refractivity contribution in [3.05, 3.63) is 52.3 Å². The van der Waals surface area contributed by atoms with Crippen LogP contribution in [0, 0.1) is 5.92 Å². The molecule has 170 valence electrons. The van der Waals surface area contributed by atoms with Crippen molar-refractivity contribution in [2.75, 3.05) is 5.32 Å². The summed E-state index contributed by atoms with van der Waals surface area (Å²) in [6.45, 7) is -0.131. The first kappa shape index (κ1) is 21.7. The van der Waals surface area contributed by atoms with Gasteiger partial charge < -0.3 is 16.0 Å². The summed E-state index contributed by atoms with van der Waals surface area (Å²) in [5, 5.41) is 8.22. The van der Waals surface area contributed by atoms with E-state index in [2.05, 4.69) is 15.4 Å². The monoisotopic (exact) mass is 486 g/mol. The van der Waals surface area contributed by atoms with Gasteiger partial charge in [0.05, 0.1) is 5.52 Å². The number of nitrogens with one attached hydrogen (secondary N) is 1. The van der Waals surface area contributed by atoms with Crippen LogP contribution in [0.4, 0.5) is 5.82 Å². The number of nitrogens with two attached hydrogens (primary N) is 1. The number of carbonyl (C=O) groups excluding carboxylic acids is 3. The highest BCUT2D eigenvalue weighted by Gasteiger charge is 2.51. The first-order valence-corrected chi connectivity index (χ1v) is 11.3. The Hall–Kier alpha value is -3.17. The molecule has 0 spiro atoms. The van der Waals surface area contributed by atoms with Crippen LogP contribution < -0.4 is 11.1 Å². The molecule has 33 heavy (non-hydrogen) atoms. The Morgan fingerprint density at radius 1 is 1.15 bits per heavy atom. The van der Waals surface area contributed by atoms with E-state index in [0.29, 0.717) is 21.7 Å². The van der Waals surface area contributed by atoms with Crippen molar-refractivity contribution in [3.63, 3.8) is 0 Å². The molecule has 3 amide bonds. The summed E-state index contributed by atoms with van der Waals surface area (Å²) in [4.78, 5) is 44.2. The summed E-state index contributed by atoms with van der Waals surface area (Å²) in [6, 6.07) is 9.28. The van der Waals surface area contributed by atoms with Gasteiger partial charge in [0.2, 0.25) is 11.8 Å². The molecular formula is C22H20Cl2N6O3. The Bertz CT molecular complexity index is 1290. The lowest BCUT2D eigenvalue weighted by atomic mass is 9.97. The van der Waals surface area contributed by atoms with Crippen LogP contribution in [0.3, 0.4) is 0 Å². The lowest BCUT2D eigenvalue weighted by Crippen LogP contribution is -2.52. The molecule has 1 aromatic carbocycles. The van der Waals surface area contributed by atoms with Crippen LogP contribution >= 0.6 is 23.2 Å². The second kappa shape index (κ2) is 8.31. The van der Waals surface area contributed by atoms with E-state index < -0.39 is 11.9 Å². The molecule has 1 saturated carbocycles. The number of pyridine rings is 1. The van der Waals surface area contributed by atoms with Crippen molar-refractivity contribution < 1.29 is 14.4 Å². The molecule has 3 heterocycles. The number of primary amides is 1. The summed E-state index contributed by atoms with van der Waals surface area (Å²) in [6.07, 6.45) is 2.50. The van der Waals surface area contributed by atoms with E-state index in [-0.39, 0.29) is 41.2 Å². The Labute approximate surface area is 198 Å². The Kier molecular flexibility index (Phi) is 5.46. The van der Waals surface area contributed by atoms with Gasteiger partial charge >= 0.3 is 0 Å². The number of halogens is 2. The fourth-order valence-electron chi connectivity index (χ4n) is 5.03. The summed E-state index contributed by atoms with van der Waals surface area (Å²) in [5.74, 6) is -0.840. The maximum atomic E-state index is 13.4. The lowest BCUT2D eigenvalue weighted by molar-refractivity contribution is -0.141. The van der Waals surface area contributed by atoms with Crippen molar-refractivity contribution in [2.45, 2.75) is 37.9 Å². The SMILES string of the molecule is NC(=O)c1nn(CC(=O)N2C3CCC(C3)[C@H]2C(=O)Nc2cccc(Cl)n2)c2ccc(Cl)cc12. The third kappa shape index (κ3) is 3.91. The minimum Gasteiger partial charge on any atom is -0.364 e. The largest absolute Gasteiger partial charge is 0.364 e. The minimum atomic E-state index is -0.708. The van der Waals surface area contributed by atoms with Crippen molar-refractivity contribution >= 4 is 57.6 Å². The molecule has 2 aliphatic rings. The van der Waals surface area contributed by atoms with E-state index in [1.54, 1.807) is 41.3 Å². The second-order valence-corrected chi connectivity index (χ2v) is 9.16. The van der Waals surface area contributed by atoms with Gasteiger partial charge in [-0.25, -0.2) is 4.98 Å². The molecule has 0 radical (unpaired) electrons. The molecule has 2 aromatic heterocycles. The van der Waals surface area contributed by atoms with Crippen LogP contribution in [0.25, 0.3) is 10.9 Å². The summed E-state index contributed by atoms with van der Waals surface area (Å²) in [7, 11) is 0. The topological polar surface area (TPSA) is 123 Å². The zero-order valence-corrected chi connectivity index (χ0v) is 18.9. The number of fused-ring (bicyclic) bond motifs is 3. The van der Waals surface area contributed by atoms with E-state index in [1.807, 2.05) is 0 Å². The average Bonchev–Trinajstić information content (AvgIpc) is 3.46. The molecular weight excluding hydrogens is 467 g/mol. The fraction of sp³-hybridized carbons (Fsp3) is 0.318. The highest BCUT2D eigenvalue weighted by atomic mass is 35.5. The van der Waals surface area contributed by atoms with Crippen LogP contribution in [0.1, 0.15) is 29.8 Å². The normalized spacial score (nSPS) is 21.5. The molecule has 1 aliphatic heterocycles. The zero-order valence-electron chi connectivity index (χ0n) is 17.4. The Balaban J connectivity index is 1.42. The molecule has 1 aliphatic carbocycles. The van der Waals surface area contributed by atoms with Crippen molar-refractivity contribution in [1.29, 1.82) is 0 Å². The number of aromatic nitrogens is 3. The van der Waals surface area contributed by atoms with Gasteiger partial charge in [-0.2, -0.15) is 5.10 Å². The molecule has 2 unspecified atom stereocenters. The predicted octanol–water partition coefficient (Wildman–Crippen LogP) is 2.86. The Morgan fingerprint density at radius 3 is 2.73 bits per heavy atom. The summed E-state index contributed by atoms with van der Waals surface area (Å²) >= 11 is 12.0. The molecule has 3 atom stereocenters. The van der Waals surface area contributed by atoms with Gasteiger partial charge in [-0.1, -0.05) is 29.3 Å². The Morgan fingerprint density at radius 2 is 1.97 bits per heavy atom. The molecule has 3 N–H and O–H groups in total. The van der Waals surface area contributed by atoms with E-state index in [9.17, 15) is 14.4 Å². The summed E-state index contributed by atoms with van der Waals surface area (Å²) in [5.41, 5.74) is 6.08. The highest BCUT2D eigenvalue weighted by Crippen LogP contribution is 2.43. The smallest absolute Gasteiger partial charge is 0.269 e. The minimum absolute atomic E-state index is 0.0162. The molecule has 3 aromatic rings. The van der Waals surface area contributed by atoms with Gasteiger partial charge in [-0.05, 0) is 55.5 Å². The fourth-order valence-corrected chi connectivity index (χ4v) is 5.36. The number of amides is 3. The van der Waals surface area contributed by atoms with Crippen molar-refractivity contribution in [2.24, 2.45) is 11.7 Å². The number of hydrogen-bond donors (Lipinski definition) is 2. The number of benzene rings is 1. The van der Waals surface area contributed by atoms with Crippen LogP contribution in [-0.2, 0) is 16.1 Å². The van der Waals surface area contributed by atoms with Gasteiger partial charge in [0.15, 0.2) is 5.69 Å². The standard InChI is InChI=1S/C22H20Cl2N6O3/c23-12-5-7-15-14(9-12)19(21(25)32)28-29(15)10-18(31)30-13-6-4-11(8-13)20(30)22(33)27-17-3-1-2-16(24)26-17/h1-3,5,7,9,11,13,20H,4,6,8,10H2,(H2,25,32)(H,26,27,33)/t11?,13?,20-/m0/s1. The quantitative estimate of drug-likeness (QED) is 0.536. The highest BCUT2D eigenvalue weighted by molar-refractivity contribution is 6.31. The van der Waals surface area contributed by atoms with Crippen LogP contribution in [0.15, 0.2) is 36.4 Å². The molecule has 2 fully saturated rings. The van der Waals surface area contributed by atoms with Crippen molar-refractivity contribution in [1.82, 2.24) is 19.7 Å². The first-order valence-electron chi connectivity index (χ1n) is 10.5.